The van der Waals surface area contributed by atoms with E-state index in [1.165, 1.54) is 6.07 Å². The van der Waals surface area contributed by atoms with Gasteiger partial charge in [-0.2, -0.15) is 0 Å². The summed E-state index contributed by atoms with van der Waals surface area (Å²) in [5.41, 5.74) is 0.999. The van der Waals surface area contributed by atoms with Gasteiger partial charge in [0, 0.05) is 12.3 Å². The lowest BCUT2D eigenvalue weighted by Crippen LogP contribution is -2.42. The minimum atomic E-state index is -0.341. The van der Waals surface area contributed by atoms with Crippen molar-refractivity contribution in [2.75, 3.05) is 11.9 Å². The predicted molar refractivity (Wildman–Crippen MR) is 71.7 cm³/mol. The Kier molecular flexibility index (Phi) is 4.37. The normalized spacial score (nSPS) is 20.1. The van der Waals surface area contributed by atoms with E-state index in [1.54, 1.807) is 19.1 Å². The molecule has 4 nitrogen and oxygen atoms in total. The number of anilines is 1. The summed E-state index contributed by atoms with van der Waals surface area (Å²) in [5, 5.41) is 5.43. The van der Waals surface area contributed by atoms with Crippen molar-refractivity contribution in [3.8, 4) is 0 Å². The first kappa shape index (κ1) is 13.8. The second-order valence-corrected chi connectivity index (χ2v) is 4.90. The molecule has 2 rings (SSSR count). The van der Waals surface area contributed by atoms with Crippen LogP contribution >= 0.6 is 0 Å². The molecule has 0 aliphatic carbocycles. The molecule has 2 N–H and O–H groups in total. The second-order valence-electron chi connectivity index (χ2n) is 4.90. The number of rotatable bonds is 3. The molecule has 0 spiro atoms. The van der Waals surface area contributed by atoms with Crippen LogP contribution in [0.2, 0.25) is 0 Å². The van der Waals surface area contributed by atoms with Crippen molar-refractivity contribution in [1.29, 1.82) is 0 Å². The molecule has 1 aromatic carbocycles. The van der Waals surface area contributed by atoms with Gasteiger partial charge >= 0.3 is 6.03 Å². The van der Waals surface area contributed by atoms with Gasteiger partial charge in [0.05, 0.1) is 12.1 Å². The lowest BCUT2D eigenvalue weighted by atomic mass is 10.1. The lowest BCUT2D eigenvalue weighted by Gasteiger charge is -2.20. The third-order valence-corrected chi connectivity index (χ3v) is 3.31. The van der Waals surface area contributed by atoms with Gasteiger partial charge in [0.1, 0.15) is 5.82 Å². The highest BCUT2D eigenvalue weighted by atomic mass is 19.1. The fraction of sp³-hybridized carbons (Fsp3) is 0.500. The number of urea groups is 1. The first-order valence-corrected chi connectivity index (χ1v) is 6.51. The lowest BCUT2D eigenvalue weighted by molar-refractivity contribution is 0.0868. The van der Waals surface area contributed by atoms with Crippen LogP contribution in [0.4, 0.5) is 14.9 Å². The van der Waals surface area contributed by atoms with Gasteiger partial charge in [-0.3, -0.25) is 0 Å². The topological polar surface area (TPSA) is 50.4 Å². The Labute approximate surface area is 112 Å². The zero-order chi connectivity index (χ0) is 13.8. The Morgan fingerprint density at radius 1 is 1.53 bits per heavy atom. The van der Waals surface area contributed by atoms with Crippen LogP contribution < -0.4 is 10.6 Å². The van der Waals surface area contributed by atoms with Crippen molar-refractivity contribution in [2.45, 2.75) is 38.8 Å². The number of carbonyl (C=O) groups excluding carboxylic acids is 1. The molecule has 1 fully saturated rings. The van der Waals surface area contributed by atoms with Crippen molar-refractivity contribution < 1.29 is 13.9 Å². The number of ether oxygens (including phenoxy) is 1. The first-order chi connectivity index (χ1) is 9.06. The molecule has 0 aromatic heterocycles. The summed E-state index contributed by atoms with van der Waals surface area (Å²) in [5.74, 6) is -0.329. The van der Waals surface area contributed by atoms with Crippen LogP contribution in [0.3, 0.4) is 0 Å². The maximum atomic E-state index is 13.3. The third-order valence-electron chi connectivity index (χ3n) is 3.31. The van der Waals surface area contributed by atoms with Gasteiger partial charge in [-0.25, -0.2) is 9.18 Å². The van der Waals surface area contributed by atoms with Gasteiger partial charge in [0.25, 0.3) is 0 Å². The van der Waals surface area contributed by atoms with E-state index in [-0.39, 0.29) is 24.0 Å². The van der Waals surface area contributed by atoms with Crippen LogP contribution in [0.15, 0.2) is 18.2 Å². The smallest absolute Gasteiger partial charge is 0.319 e. The molecular weight excluding hydrogens is 247 g/mol. The molecule has 2 amide bonds. The van der Waals surface area contributed by atoms with Crippen LogP contribution in [-0.2, 0) is 4.74 Å². The highest BCUT2D eigenvalue weighted by molar-refractivity contribution is 5.89. The number of halogens is 1. The van der Waals surface area contributed by atoms with Crippen molar-refractivity contribution >= 4 is 11.7 Å². The van der Waals surface area contributed by atoms with E-state index in [1.807, 2.05) is 6.92 Å². The second kappa shape index (κ2) is 6.02. The Morgan fingerprint density at radius 2 is 2.32 bits per heavy atom. The van der Waals surface area contributed by atoms with Crippen LogP contribution in [0, 0.1) is 12.7 Å². The van der Waals surface area contributed by atoms with Crippen LogP contribution in [-0.4, -0.2) is 24.8 Å². The quantitative estimate of drug-likeness (QED) is 0.883. The van der Waals surface area contributed by atoms with Crippen molar-refractivity contribution in [3.63, 3.8) is 0 Å². The molecular formula is C14H19FN2O2. The van der Waals surface area contributed by atoms with Crippen LogP contribution in [0.25, 0.3) is 0 Å². The SMILES string of the molecule is Cc1ccc(NC(=O)N[C@H](C)[C@H]2CCCO2)cc1F. The van der Waals surface area contributed by atoms with Gasteiger partial charge in [-0.1, -0.05) is 6.07 Å². The molecule has 1 heterocycles. The highest BCUT2D eigenvalue weighted by Crippen LogP contribution is 2.16. The monoisotopic (exact) mass is 266 g/mol. The van der Waals surface area contributed by atoms with Gasteiger partial charge in [-0.15, -0.1) is 0 Å². The molecule has 1 aliphatic heterocycles. The molecule has 0 unspecified atom stereocenters. The maximum absolute atomic E-state index is 13.3. The molecule has 1 aliphatic rings. The molecule has 0 saturated carbocycles. The van der Waals surface area contributed by atoms with E-state index >= 15 is 0 Å². The predicted octanol–water partition coefficient (Wildman–Crippen LogP) is 2.82. The van der Waals surface area contributed by atoms with E-state index in [0.29, 0.717) is 11.3 Å². The zero-order valence-electron chi connectivity index (χ0n) is 11.2. The highest BCUT2D eigenvalue weighted by Gasteiger charge is 2.23. The zero-order valence-corrected chi connectivity index (χ0v) is 11.2. The number of benzene rings is 1. The minimum Gasteiger partial charge on any atom is -0.376 e. The molecule has 19 heavy (non-hydrogen) atoms. The standard InChI is InChI=1S/C14H19FN2O2/c1-9-5-6-11(8-12(9)15)17-14(18)16-10(2)13-4-3-7-19-13/h5-6,8,10,13H,3-4,7H2,1-2H3,(H2,16,17,18)/t10-,13-/m1/s1. The van der Waals surface area contributed by atoms with E-state index in [4.69, 9.17) is 4.74 Å². The number of nitrogens with one attached hydrogen (secondary N) is 2. The van der Waals surface area contributed by atoms with Crippen molar-refractivity contribution in [1.82, 2.24) is 5.32 Å². The summed E-state index contributed by atoms with van der Waals surface area (Å²) in [6.45, 7) is 4.34. The Hall–Kier alpha value is -1.62. The Bertz CT molecular complexity index is 459. The average Bonchev–Trinajstić information content (AvgIpc) is 2.87. The van der Waals surface area contributed by atoms with E-state index < -0.39 is 0 Å². The van der Waals surface area contributed by atoms with Gasteiger partial charge in [0.15, 0.2) is 0 Å². The van der Waals surface area contributed by atoms with E-state index in [2.05, 4.69) is 10.6 Å². The third kappa shape index (κ3) is 3.67. The van der Waals surface area contributed by atoms with Crippen LogP contribution in [0.5, 0.6) is 0 Å². The van der Waals surface area contributed by atoms with Gasteiger partial charge in [0.2, 0.25) is 0 Å². The summed E-state index contributed by atoms with van der Waals surface area (Å²) >= 11 is 0. The molecule has 104 valence electrons. The number of carbonyl (C=O) groups is 1. The molecule has 2 atom stereocenters. The van der Waals surface area contributed by atoms with E-state index in [9.17, 15) is 9.18 Å². The first-order valence-electron chi connectivity index (χ1n) is 6.51. The average molecular weight is 266 g/mol. The summed E-state index contributed by atoms with van der Waals surface area (Å²) in [6, 6.07) is 4.22. The van der Waals surface area contributed by atoms with E-state index in [0.717, 1.165) is 19.4 Å². The molecule has 1 aromatic rings. The summed E-state index contributed by atoms with van der Waals surface area (Å²) in [7, 11) is 0. The summed E-state index contributed by atoms with van der Waals surface area (Å²) in [4.78, 5) is 11.8. The molecule has 0 radical (unpaired) electrons. The minimum absolute atomic E-state index is 0.0576. The van der Waals surface area contributed by atoms with Crippen molar-refractivity contribution in [3.05, 3.63) is 29.6 Å². The van der Waals surface area contributed by atoms with Gasteiger partial charge in [-0.05, 0) is 44.4 Å². The summed E-state index contributed by atoms with van der Waals surface area (Å²) in [6.07, 6.45) is 2.06. The summed E-state index contributed by atoms with van der Waals surface area (Å²) < 4.78 is 18.8. The number of hydrogen-bond acceptors (Lipinski definition) is 2. The Morgan fingerprint density at radius 3 is 2.95 bits per heavy atom. The number of amides is 2. The molecule has 0 bridgehead atoms. The number of hydrogen-bond donors (Lipinski definition) is 2. The van der Waals surface area contributed by atoms with Crippen LogP contribution in [0.1, 0.15) is 25.3 Å². The maximum Gasteiger partial charge on any atom is 0.319 e. The fourth-order valence-corrected chi connectivity index (χ4v) is 2.13. The van der Waals surface area contributed by atoms with Gasteiger partial charge < -0.3 is 15.4 Å². The molecule has 1 saturated heterocycles. The Balaban J connectivity index is 1.88. The number of aryl methyl sites for hydroxylation is 1. The molecule has 5 heteroatoms. The fourth-order valence-electron chi connectivity index (χ4n) is 2.13. The van der Waals surface area contributed by atoms with Crippen molar-refractivity contribution in [2.24, 2.45) is 0 Å². The largest absolute Gasteiger partial charge is 0.376 e.